The average molecular weight is 287 g/mol. The van der Waals surface area contributed by atoms with Crippen molar-refractivity contribution in [3.8, 4) is 0 Å². The number of rotatable bonds is 5. The fraction of sp³-hybridized carbons (Fsp3) is 0.571. The van der Waals surface area contributed by atoms with Crippen molar-refractivity contribution in [3.63, 3.8) is 0 Å². The number of fused-ring (bicyclic) bond motifs is 1. The van der Waals surface area contributed by atoms with E-state index < -0.39 is 6.29 Å². The summed E-state index contributed by atoms with van der Waals surface area (Å²) in [5, 5.41) is 18.4. The molecule has 1 atom stereocenters. The standard InChI is InChI=1S/C14H19ClO4/c15-5-7-18-9-13-12-4-3-11(14(16)17)8-10(12)2-1-6-19-13/h3-4,8,13-14,16-17H,1-2,5-7,9H2. The molecule has 4 nitrogen and oxygen atoms in total. The maximum Gasteiger partial charge on any atom is 0.178 e. The van der Waals surface area contributed by atoms with Crippen LogP contribution in [0.4, 0.5) is 0 Å². The molecule has 0 fully saturated rings. The quantitative estimate of drug-likeness (QED) is 0.493. The lowest BCUT2D eigenvalue weighted by Gasteiger charge is -2.19. The van der Waals surface area contributed by atoms with Gasteiger partial charge in [-0.2, -0.15) is 0 Å². The van der Waals surface area contributed by atoms with Crippen molar-refractivity contribution < 1.29 is 19.7 Å². The molecule has 0 saturated heterocycles. The van der Waals surface area contributed by atoms with Crippen molar-refractivity contribution >= 4 is 11.6 Å². The van der Waals surface area contributed by atoms with Gasteiger partial charge in [0.2, 0.25) is 0 Å². The first kappa shape index (κ1) is 14.8. The number of ether oxygens (including phenoxy) is 2. The Kier molecular flexibility index (Phi) is 5.60. The Balaban J connectivity index is 2.17. The maximum atomic E-state index is 9.22. The minimum atomic E-state index is -1.43. The molecule has 1 heterocycles. The van der Waals surface area contributed by atoms with Crippen LogP contribution in [-0.2, 0) is 15.9 Å². The van der Waals surface area contributed by atoms with Crippen LogP contribution in [0.15, 0.2) is 18.2 Å². The first-order chi connectivity index (χ1) is 9.22. The van der Waals surface area contributed by atoms with Crippen molar-refractivity contribution in [2.24, 2.45) is 0 Å². The number of hydrogen-bond donors (Lipinski definition) is 2. The number of aliphatic hydroxyl groups is 2. The first-order valence-corrected chi connectivity index (χ1v) is 7.00. The Morgan fingerprint density at radius 2 is 2.26 bits per heavy atom. The molecule has 19 heavy (non-hydrogen) atoms. The largest absolute Gasteiger partial charge is 0.377 e. The highest BCUT2D eigenvalue weighted by Crippen LogP contribution is 2.28. The van der Waals surface area contributed by atoms with Crippen LogP contribution in [-0.4, -0.2) is 35.9 Å². The van der Waals surface area contributed by atoms with Gasteiger partial charge in [-0.3, -0.25) is 0 Å². The molecule has 2 N–H and O–H groups in total. The molecular formula is C14H19ClO4. The molecule has 5 heteroatoms. The Bertz CT molecular complexity index is 408. The van der Waals surface area contributed by atoms with Gasteiger partial charge < -0.3 is 19.7 Å². The first-order valence-electron chi connectivity index (χ1n) is 6.46. The summed E-state index contributed by atoms with van der Waals surface area (Å²) in [5.74, 6) is 0.467. The summed E-state index contributed by atoms with van der Waals surface area (Å²) in [7, 11) is 0. The second kappa shape index (κ2) is 7.22. The van der Waals surface area contributed by atoms with Gasteiger partial charge in [0.05, 0.1) is 13.2 Å². The van der Waals surface area contributed by atoms with E-state index >= 15 is 0 Å². The number of hydrogen-bond acceptors (Lipinski definition) is 4. The lowest BCUT2D eigenvalue weighted by atomic mass is 9.97. The molecule has 1 aliphatic rings. The van der Waals surface area contributed by atoms with Crippen LogP contribution in [0.1, 0.15) is 35.5 Å². The molecule has 0 aromatic heterocycles. The molecule has 0 saturated carbocycles. The van der Waals surface area contributed by atoms with Crippen LogP contribution in [0.5, 0.6) is 0 Å². The Morgan fingerprint density at radius 3 is 3.00 bits per heavy atom. The summed E-state index contributed by atoms with van der Waals surface area (Å²) in [5.41, 5.74) is 2.68. The van der Waals surface area contributed by atoms with Gasteiger partial charge in [0, 0.05) is 18.1 Å². The van der Waals surface area contributed by atoms with Crippen molar-refractivity contribution in [2.45, 2.75) is 25.2 Å². The highest BCUT2D eigenvalue weighted by molar-refractivity contribution is 6.17. The molecule has 1 aromatic rings. The van der Waals surface area contributed by atoms with E-state index in [2.05, 4.69) is 0 Å². The van der Waals surface area contributed by atoms with E-state index in [1.807, 2.05) is 12.1 Å². The van der Waals surface area contributed by atoms with E-state index in [4.69, 9.17) is 21.1 Å². The number of aryl methyl sites for hydroxylation is 1. The summed E-state index contributed by atoms with van der Waals surface area (Å²) in [6.07, 6.45) is 0.261. The maximum absolute atomic E-state index is 9.22. The fourth-order valence-electron chi connectivity index (χ4n) is 2.28. The van der Waals surface area contributed by atoms with E-state index in [1.165, 1.54) is 0 Å². The summed E-state index contributed by atoms with van der Waals surface area (Å²) in [4.78, 5) is 0. The molecular weight excluding hydrogens is 268 g/mol. The molecule has 0 aliphatic carbocycles. The zero-order valence-corrected chi connectivity index (χ0v) is 11.5. The molecule has 1 aromatic carbocycles. The summed E-state index contributed by atoms with van der Waals surface area (Å²) in [6.45, 7) is 1.66. The second-order valence-corrected chi connectivity index (χ2v) is 4.94. The normalized spacial score (nSPS) is 19.3. The van der Waals surface area contributed by atoms with E-state index in [0.29, 0.717) is 31.3 Å². The monoisotopic (exact) mass is 286 g/mol. The number of benzene rings is 1. The third-order valence-corrected chi connectivity index (χ3v) is 3.37. The lowest BCUT2D eigenvalue weighted by Crippen LogP contribution is -2.13. The van der Waals surface area contributed by atoms with E-state index in [1.54, 1.807) is 6.07 Å². The third-order valence-electron chi connectivity index (χ3n) is 3.21. The average Bonchev–Trinajstić information content (AvgIpc) is 2.61. The molecule has 0 radical (unpaired) electrons. The minimum absolute atomic E-state index is 0.106. The highest BCUT2D eigenvalue weighted by atomic mass is 35.5. The Hall–Kier alpha value is -0.650. The summed E-state index contributed by atoms with van der Waals surface area (Å²) >= 11 is 5.59. The van der Waals surface area contributed by atoms with Crippen molar-refractivity contribution in [2.75, 3.05) is 25.7 Å². The SMILES string of the molecule is OC(O)c1ccc2c(c1)CCCOC2COCCCl. The topological polar surface area (TPSA) is 58.9 Å². The second-order valence-electron chi connectivity index (χ2n) is 4.56. The molecule has 0 amide bonds. The van der Waals surface area contributed by atoms with Crippen molar-refractivity contribution in [1.29, 1.82) is 0 Å². The van der Waals surface area contributed by atoms with Gasteiger partial charge in [-0.25, -0.2) is 0 Å². The molecule has 1 unspecified atom stereocenters. The Labute approximate surface area is 117 Å². The van der Waals surface area contributed by atoms with Crippen LogP contribution in [0.25, 0.3) is 0 Å². The molecule has 0 bridgehead atoms. The minimum Gasteiger partial charge on any atom is -0.377 e. The van der Waals surface area contributed by atoms with Gasteiger partial charge >= 0.3 is 0 Å². The number of alkyl halides is 1. The number of aliphatic hydroxyl groups excluding tert-OH is 1. The van der Waals surface area contributed by atoms with Crippen LogP contribution >= 0.6 is 11.6 Å². The van der Waals surface area contributed by atoms with Crippen molar-refractivity contribution in [3.05, 3.63) is 34.9 Å². The number of halogens is 1. The summed E-state index contributed by atoms with van der Waals surface area (Å²) in [6, 6.07) is 5.44. The Morgan fingerprint density at radius 1 is 1.42 bits per heavy atom. The fourth-order valence-corrected chi connectivity index (χ4v) is 2.39. The van der Waals surface area contributed by atoms with Crippen LogP contribution in [0, 0.1) is 0 Å². The van der Waals surface area contributed by atoms with Gasteiger partial charge in [0.25, 0.3) is 0 Å². The van der Waals surface area contributed by atoms with Gasteiger partial charge in [-0.1, -0.05) is 18.2 Å². The molecule has 2 rings (SSSR count). The van der Waals surface area contributed by atoms with E-state index in [-0.39, 0.29) is 6.10 Å². The van der Waals surface area contributed by atoms with Gasteiger partial charge in [-0.05, 0) is 24.0 Å². The zero-order chi connectivity index (χ0) is 13.7. The predicted octanol–water partition coefficient (Wildman–Crippen LogP) is 1.93. The zero-order valence-electron chi connectivity index (χ0n) is 10.7. The third kappa shape index (κ3) is 3.91. The van der Waals surface area contributed by atoms with Gasteiger partial charge in [-0.15, -0.1) is 11.6 Å². The van der Waals surface area contributed by atoms with Crippen LogP contribution in [0.3, 0.4) is 0 Å². The van der Waals surface area contributed by atoms with Gasteiger partial charge in [0.1, 0.15) is 6.10 Å². The van der Waals surface area contributed by atoms with Crippen LogP contribution < -0.4 is 0 Å². The van der Waals surface area contributed by atoms with E-state index in [0.717, 1.165) is 24.0 Å². The molecule has 106 valence electrons. The smallest absolute Gasteiger partial charge is 0.178 e. The summed E-state index contributed by atoms with van der Waals surface area (Å²) < 4.78 is 11.2. The van der Waals surface area contributed by atoms with E-state index in [9.17, 15) is 10.2 Å². The van der Waals surface area contributed by atoms with Gasteiger partial charge in [0.15, 0.2) is 6.29 Å². The molecule has 0 spiro atoms. The molecule has 1 aliphatic heterocycles. The lowest BCUT2D eigenvalue weighted by molar-refractivity contribution is -0.0426. The van der Waals surface area contributed by atoms with Crippen molar-refractivity contribution in [1.82, 2.24) is 0 Å². The van der Waals surface area contributed by atoms with Crippen LogP contribution in [0.2, 0.25) is 0 Å². The highest BCUT2D eigenvalue weighted by Gasteiger charge is 2.20. The predicted molar refractivity (Wildman–Crippen MR) is 72.2 cm³/mol.